The Balaban J connectivity index is 2.21. The van der Waals surface area contributed by atoms with E-state index in [0.29, 0.717) is 6.61 Å². The maximum absolute atomic E-state index is 5.37. The van der Waals surface area contributed by atoms with Crippen molar-refractivity contribution in [3.05, 3.63) is 29.8 Å². The molecule has 0 fully saturated rings. The van der Waals surface area contributed by atoms with Crippen molar-refractivity contribution in [2.75, 3.05) is 23.3 Å². The first-order valence-corrected chi connectivity index (χ1v) is 5.41. The van der Waals surface area contributed by atoms with Gasteiger partial charge in [0, 0.05) is 18.3 Å². The number of hydrogen-bond donors (Lipinski definition) is 0. The molecule has 0 atom stereocenters. The van der Waals surface area contributed by atoms with Gasteiger partial charge >= 0.3 is 0 Å². The highest BCUT2D eigenvalue weighted by Crippen LogP contribution is 2.18. The molecule has 74 valence electrons. The smallest absolute Gasteiger partial charge is 0.216 e. The lowest BCUT2D eigenvalue weighted by molar-refractivity contribution is 0.348. The van der Waals surface area contributed by atoms with E-state index in [2.05, 4.69) is 40.0 Å². The van der Waals surface area contributed by atoms with Crippen LogP contribution in [-0.4, -0.2) is 26.1 Å². The average Bonchev–Trinajstić information content (AvgIpc) is 2.71. The molecule has 0 saturated heterocycles. The third-order valence-corrected chi connectivity index (χ3v) is 2.61. The summed E-state index contributed by atoms with van der Waals surface area (Å²) < 4.78 is 7.41. The molecule has 3 nitrogen and oxygen atoms in total. The molecular formula is C10H11IN2O. The van der Waals surface area contributed by atoms with Gasteiger partial charge < -0.3 is 7.85 Å². The van der Waals surface area contributed by atoms with Crippen LogP contribution in [0, 0.1) is 0 Å². The van der Waals surface area contributed by atoms with Crippen LogP contribution in [-0.2, 0) is 4.74 Å². The van der Waals surface area contributed by atoms with Gasteiger partial charge in [-0.2, -0.15) is 0 Å². The van der Waals surface area contributed by atoms with E-state index < -0.39 is 0 Å². The maximum atomic E-state index is 5.37. The van der Waals surface area contributed by atoms with Gasteiger partial charge in [0.1, 0.15) is 6.61 Å². The Morgan fingerprint density at radius 1 is 1.36 bits per heavy atom. The van der Waals surface area contributed by atoms with Crippen LogP contribution in [0.1, 0.15) is 5.56 Å². The quantitative estimate of drug-likeness (QED) is 0.618. The Bertz CT molecular complexity index is 346. The SMILES string of the molecule is CN(I)c1ccc(C2=NCCO2)cc1. The summed E-state index contributed by atoms with van der Waals surface area (Å²) in [5.74, 6) is 0.771. The van der Waals surface area contributed by atoms with Gasteiger partial charge in [0.05, 0.1) is 29.4 Å². The third kappa shape index (κ3) is 2.00. The fourth-order valence-electron chi connectivity index (χ4n) is 1.32. The number of hydrogen-bond acceptors (Lipinski definition) is 3. The summed E-state index contributed by atoms with van der Waals surface area (Å²) in [4.78, 5) is 4.26. The van der Waals surface area contributed by atoms with Crippen molar-refractivity contribution in [3.8, 4) is 0 Å². The minimum absolute atomic E-state index is 0.712. The molecule has 0 saturated carbocycles. The van der Waals surface area contributed by atoms with E-state index >= 15 is 0 Å². The Morgan fingerprint density at radius 2 is 2.07 bits per heavy atom. The first-order chi connectivity index (χ1) is 6.77. The van der Waals surface area contributed by atoms with Crippen molar-refractivity contribution < 1.29 is 4.74 Å². The second-order valence-electron chi connectivity index (χ2n) is 3.06. The molecule has 0 amide bonds. The molecule has 0 unspecified atom stereocenters. The summed E-state index contributed by atoms with van der Waals surface area (Å²) in [6, 6.07) is 8.20. The molecule has 1 aliphatic heterocycles. The number of nitrogens with zero attached hydrogens (tertiary/aromatic N) is 2. The lowest BCUT2D eigenvalue weighted by Gasteiger charge is -2.09. The summed E-state index contributed by atoms with van der Waals surface area (Å²) in [6.07, 6.45) is 0. The molecule has 14 heavy (non-hydrogen) atoms. The van der Waals surface area contributed by atoms with E-state index in [1.165, 1.54) is 5.69 Å². The fraction of sp³-hybridized carbons (Fsp3) is 0.300. The molecule has 2 rings (SSSR count). The highest BCUT2D eigenvalue weighted by Gasteiger charge is 2.09. The van der Waals surface area contributed by atoms with Crippen LogP contribution >= 0.6 is 22.9 Å². The van der Waals surface area contributed by atoms with Crippen LogP contribution in [0.25, 0.3) is 0 Å². The highest BCUT2D eigenvalue weighted by atomic mass is 127. The van der Waals surface area contributed by atoms with Gasteiger partial charge in [0.2, 0.25) is 5.90 Å². The van der Waals surface area contributed by atoms with Gasteiger partial charge in [0.15, 0.2) is 0 Å². The molecule has 0 aliphatic carbocycles. The van der Waals surface area contributed by atoms with Crippen molar-refractivity contribution in [1.29, 1.82) is 0 Å². The van der Waals surface area contributed by atoms with E-state index in [0.717, 1.165) is 18.0 Å². The normalized spacial score (nSPS) is 14.9. The lowest BCUT2D eigenvalue weighted by atomic mass is 10.2. The molecular weight excluding hydrogens is 291 g/mol. The first-order valence-electron chi connectivity index (χ1n) is 4.44. The van der Waals surface area contributed by atoms with E-state index in [1.807, 2.05) is 22.3 Å². The number of rotatable bonds is 2. The van der Waals surface area contributed by atoms with E-state index in [4.69, 9.17) is 4.74 Å². The monoisotopic (exact) mass is 302 g/mol. The number of halogens is 1. The fourth-order valence-corrected chi connectivity index (χ4v) is 1.64. The zero-order valence-corrected chi connectivity index (χ0v) is 10.1. The second-order valence-corrected chi connectivity index (χ2v) is 4.51. The standard InChI is InChI=1S/C10H11IN2O/c1-13(11)9-4-2-8(3-5-9)10-12-6-7-14-10/h2-5H,6-7H2,1H3. The second kappa shape index (κ2) is 4.16. The Hall–Kier alpha value is -0.780. The summed E-state index contributed by atoms with van der Waals surface area (Å²) in [5.41, 5.74) is 2.23. The molecule has 0 bridgehead atoms. The molecule has 0 aromatic heterocycles. The van der Waals surface area contributed by atoms with Gasteiger partial charge in [-0.05, 0) is 24.3 Å². The number of aliphatic imine (C=N–C) groups is 1. The minimum atomic E-state index is 0.712. The van der Waals surface area contributed by atoms with Crippen LogP contribution in [0.5, 0.6) is 0 Å². The molecule has 4 heteroatoms. The van der Waals surface area contributed by atoms with Crippen molar-refractivity contribution in [2.24, 2.45) is 4.99 Å². The summed E-state index contributed by atoms with van der Waals surface area (Å²) >= 11 is 2.24. The zero-order valence-electron chi connectivity index (χ0n) is 7.90. The Kier molecular flexibility index (Phi) is 2.90. The first kappa shape index (κ1) is 9.76. The van der Waals surface area contributed by atoms with Gasteiger partial charge in [-0.1, -0.05) is 0 Å². The molecule has 1 heterocycles. The summed E-state index contributed by atoms with van der Waals surface area (Å²) in [7, 11) is 2.01. The van der Waals surface area contributed by atoms with Crippen LogP contribution in [0.4, 0.5) is 5.69 Å². The predicted octanol–water partition coefficient (Wildman–Crippen LogP) is 2.25. The van der Waals surface area contributed by atoms with Crippen molar-refractivity contribution in [2.45, 2.75) is 0 Å². The van der Waals surface area contributed by atoms with Gasteiger partial charge in [-0.3, -0.25) is 0 Å². The van der Waals surface area contributed by atoms with Crippen LogP contribution in [0.2, 0.25) is 0 Å². The van der Waals surface area contributed by atoms with Crippen LogP contribution in [0.15, 0.2) is 29.3 Å². The van der Waals surface area contributed by atoms with Crippen molar-refractivity contribution >= 4 is 34.4 Å². The zero-order chi connectivity index (χ0) is 9.97. The van der Waals surface area contributed by atoms with Crippen molar-refractivity contribution in [1.82, 2.24) is 0 Å². The van der Waals surface area contributed by atoms with E-state index in [1.54, 1.807) is 0 Å². The number of benzene rings is 1. The van der Waals surface area contributed by atoms with Crippen LogP contribution < -0.4 is 3.11 Å². The molecule has 1 aliphatic rings. The third-order valence-electron chi connectivity index (χ3n) is 2.06. The Labute approximate surface area is 97.3 Å². The molecule has 0 radical (unpaired) electrons. The summed E-state index contributed by atoms with van der Waals surface area (Å²) in [5, 5.41) is 0. The molecule has 1 aromatic carbocycles. The molecule has 1 aromatic rings. The predicted molar refractivity (Wildman–Crippen MR) is 66.2 cm³/mol. The van der Waals surface area contributed by atoms with Gasteiger partial charge in [0.25, 0.3) is 0 Å². The van der Waals surface area contributed by atoms with Gasteiger partial charge in [-0.25, -0.2) is 4.99 Å². The number of ether oxygens (including phenoxy) is 1. The topological polar surface area (TPSA) is 24.8 Å². The average molecular weight is 302 g/mol. The van der Waals surface area contributed by atoms with E-state index in [-0.39, 0.29) is 0 Å². The van der Waals surface area contributed by atoms with Crippen LogP contribution in [0.3, 0.4) is 0 Å². The van der Waals surface area contributed by atoms with Gasteiger partial charge in [-0.15, -0.1) is 0 Å². The lowest BCUT2D eigenvalue weighted by Crippen LogP contribution is -2.03. The highest BCUT2D eigenvalue weighted by molar-refractivity contribution is 14.1. The van der Waals surface area contributed by atoms with Crippen molar-refractivity contribution in [3.63, 3.8) is 0 Å². The largest absolute Gasteiger partial charge is 0.476 e. The molecule has 0 spiro atoms. The maximum Gasteiger partial charge on any atom is 0.216 e. The molecule has 0 N–H and O–H groups in total. The number of anilines is 1. The van der Waals surface area contributed by atoms with E-state index in [9.17, 15) is 0 Å². The minimum Gasteiger partial charge on any atom is -0.476 e. The summed E-state index contributed by atoms with van der Waals surface area (Å²) in [6.45, 7) is 1.49. The Morgan fingerprint density at radius 3 is 2.57 bits per heavy atom.